The minimum atomic E-state index is -1.17. The SMILES string of the molecule is COC(=O)C[C@H](Nc1ccc(NC(=O)OC)cc1)C(=O)N1C(=O)O[C@]2(CCCNC2)c2cc(Cl)ccc21. The van der Waals surface area contributed by atoms with Crippen molar-refractivity contribution in [2.75, 3.05) is 42.8 Å². The number of halogens is 1. The maximum absolute atomic E-state index is 13.8. The molecule has 1 spiro atoms. The van der Waals surface area contributed by atoms with Crippen molar-refractivity contribution in [3.63, 3.8) is 0 Å². The molecule has 1 saturated heterocycles. The van der Waals surface area contributed by atoms with Crippen molar-refractivity contribution in [3.05, 3.63) is 53.1 Å². The molecular weight excluding hydrogens is 504 g/mol. The van der Waals surface area contributed by atoms with Crippen molar-refractivity contribution in [2.24, 2.45) is 0 Å². The lowest BCUT2D eigenvalue weighted by molar-refractivity contribution is -0.142. The van der Waals surface area contributed by atoms with Gasteiger partial charge in [0, 0.05) is 28.5 Å². The molecule has 11 nitrogen and oxygen atoms in total. The first-order valence-electron chi connectivity index (χ1n) is 11.6. The van der Waals surface area contributed by atoms with Gasteiger partial charge >= 0.3 is 18.2 Å². The molecule has 2 aromatic rings. The quantitative estimate of drug-likeness (QED) is 0.378. The predicted octanol–water partition coefficient (Wildman–Crippen LogP) is 3.62. The van der Waals surface area contributed by atoms with Crippen LogP contribution < -0.4 is 20.9 Å². The summed E-state index contributed by atoms with van der Waals surface area (Å²) >= 11 is 6.28. The second-order valence-corrected chi connectivity index (χ2v) is 9.09. The van der Waals surface area contributed by atoms with Crippen LogP contribution in [0.15, 0.2) is 42.5 Å². The summed E-state index contributed by atoms with van der Waals surface area (Å²) in [6.07, 6.45) is -0.459. The highest BCUT2D eigenvalue weighted by atomic mass is 35.5. The number of fused-ring (bicyclic) bond motifs is 2. The van der Waals surface area contributed by atoms with E-state index in [9.17, 15) is 19.2 Å². The number of benzene rings is 2. The topological polar surface area (TPSA) is 135 Å². The van der Waals surface area contributed by atoms with Gasteiger partial charge in [-0.1, -0.05) is 11.6 Å². The zero-order chi connectivity index (χ0) is 26.6. The van der Waals surface area contributed by atoms with Crippen molar-refractivity contribution >= 4 is 52.7 Å². The van der Waals surface area contributed by atoms with Crippen LogP contribution in [0.5, 0.6) is 0 Å². The number of nitrogens with zero attached hydrogens (tertiary/aromatic N) is 1. The minimum absolute atomic E-state index is 0.350. The average molecular weight is 531 g/mol. The molecule has 0 aliphatic carbocycles. The lowest BCUT2D eigenvalue weighted by Crippen LogP contribution is -2.56. The number of ether oxygens (including phenoxy) is 3. The van der Waals surface area contributed by atoms with Gasteiger partial charge in [-0.25, -0.2) is 14.5 Å². The van der Waals surface area contributed by atoms with Crippen LogP contribution in [0.25, 0.3) is 0 Å². The number of carbonyl (C=O) groups excluding carboxylic acids is 4. The first-order valence-corrected chi connectivity index (χ1v) is 12.0. The predicted molar refractivity (Wildman–Crippen MR) is 136 cm³/mol. The maximum atomic E-state index is 13.8. The number of rotatable bonds is 6. The Morgan fingerprint density at radius 3 is 2.51 bits per heavy atom. The third kappa shape index (κ3) is 5.62. The monoisotopic (exact) mass is 530 g/mol. The number of hydrogen-bond donors (Lipinski definition) is 3. The van der Waals surface area contributed by atoms with Gasteiger partial charge in [-0.05, 0) is 61.9 Å². The van der Waals surface area contributed by atoms with Crippen molar-refractivity contribution in [1.82, 2.24) is 5.32 Å². The fourth-order valence-corrected chi connectivity index (χ4v) is 4.64. The van der Waals surface area contributed by atoms with E-state index >= 15 is 0 Å². The highest BCUT2D eigenvalue weighted by molar-refractivity contribution is 6.31. The van der Waals surface area contributed by atoms with Gasteiger partial charge in [-0.15, -0.1) is 0 Å². The number of imide groups is 1. The van der Waals surface area contributed by atoms with Gasteiger partial charge in [-0.2, -0.15) is 0 Å². The molecule has 12 heteroatoms. The third-order valence-corrected chi connectivity index (χ3v) is 6.51. The van der Waals surface area contributed by atoms with Crippen LogP contribution in [0.3, 0.4) is 0 Å². The van der Waals surface area contributed by atoms with Gasteiger partial charge < -0.3 is 24.8 Å². The molecule has 2 aliphatic rings. The second kappa shape index (κ2) is 11.1. The zero-order valence-corrected chi connectivity index (χ0v) is 21.1. The second-order valence-electron chi connectivity index (χ2n) is 8.65. The molecular formula is C25H27ClN4O7. The molecule has 1 fully saturated rings. The van der Waals surface area contributed by atoms with Crippen molar-refractivity contribution < 1.29 is 33.4 Å². The van der Waals surface area contributed by atoms with E-state index in [0.29, 0.717) is 40.6 Å². The molecule has 2 atom stereocenters. The number of amides is 3. The molecule has 2 aromatic carbocycles. The number of anilines is 3. The average Bonchev–Trinajstić information content (AvgIpc) is 2.90. The van der Waals surface area contributed by atoms with Crippen LogP contribution in [0, 0.1) is 0 Å². The summed E-state index contributed by atoms with van der Waals surface area (Å²) in [5.41, 5.74) is 0.955. The van der Waals surface area contributed by atoms with E-state index in [1.54, 1.807) is 42.5 Å². The van der Waals surface area contributed by atoms with E-state index < -0.39 is 35.7 Å². The van der Waals surface area contributed by atoms with Gasteiger partial charge in [0.25, 0.3) is 5.91 Å². The number of piperidine rings is 1. The molecule has 37 heavy (non-hydrogen) atoms. The Hall–Kier alpha value is -3.83. The highest BCUT2D eigenvalue weighted by Gasteiger charge is 2.48. The van der Waals surface area contributed by atoms with E-state index in [-0.39, 0.29) is 6.42 Å². The van der Waals surface area contributed by atoms with Crippen LogP contribution in [0.2, 0.25) is 5.02 Å². The Morgan fingerprint density at radius 2 is 1.86 bits per heavy atom. The Bertz CT molecular complexity index is 1200. The van der Waals surface area contributed by atoms with E-state index in [1.165, 1.54) is 14.2 Å². The van der Waals surface area contributed by atoms with Crippen LogP contribution in [-0.2, 0) is 29.4 Å². The first kappa shape index (κ1) is 26.2. The zero-order valence-electron chi connectivity index (χ0n) is 20.3. The van der Waals surface area contributed by atoms with Crippen molar-refractivity contribution in [2.45, 2.75) is 30.9 Å². The molecule has 0 unspecified atom stereocenters. The van der Waals surface area contributed by atoms with E-state index in [4.69, 9.17) is 21.1 Å². The van der Waals surface area contributed by atoms with Crippen molar-refractivity contribution in [3.8, 4) is 0 Å². The van der Waals surface area contributed by atoms with E-state index in [2.05, 4.69) is 20.7 Å². The number of carbonyl (C=O) groups is 4. The van der Waals surface area contributed by atoms with Crippen LogP contribution >= 0.6 is 11.6 Å². The summed E-state index contributed by atoms with van der Waals surface area (Å²) in [6, 6.07) is 10.1. The lowest BCUT2D eigenvalue weighted by atomic mass is 9.84. The largest absolute Gasteiger partial charge is 0.469 e. The number of methoxy groups -OCH3 is 2. The van der Waals surface area contributed by atoms with Gasteiger partial charge in [-0.3, -0.25) is 14.9 Å². The molecule has 0 saturated carbocycles. The fraction of sp³-hybridized carbons (Fsp3) is 0.360. The molecule has 3 amide bonds. The van der Waals surface area contributed by atoms with Crippen LogP contribution in [0.4, 0.5) is 26.7 Å². The van der Waals surface area contributed by atoms with Crippen LogP contribution in [0.1, 0.15) is 24.8 Å². The summed E-state index contributed by atoms with van der Waals surface area (Å²) in [7, 11) is 2.46. The molecule has 4 rings (SSSR count). The first-order chi connectivity index (χ1) is 17.8. The Morgan fingerprint density at radius 1 is 1.14 bits per heavy atom. The fourth-order valence-electron chi connectivity index (χ4n) is 4.46. The van der Waals surface area contributed by atoms with Gasteiger partial charge in [0.05, 0.1) is 26.3 Å². The van der Waals surface area contributed by atoms with E-state index in [1.807, 2.05) is 0 Å². The standard InChI is InChI=1S/C25H27ClN4O7/c1-35-21(31)13-19(28-16-5-7-17(8-6-16)29-23(33)36-2)22(32)30-20-9-4-15(26)12-18(20)25(37-24(30)34)10-3-11-27-14-25/h4-9,12,19,27-28H,3,10-11,13-14H2,1-2H3,(H,29,33)/t19-,25-/m0/s1. The normalized spacial score (nSPS) is 19.3. The summed E-state index contributed by atoms with van der Waals surface area (Å²) in [5.74, 6) is -1.35. The van der Waals surface area contributed by atoms with E-state index in [0.717, 1.165) is 17.9 Å². The molecule has 2 heterocycles. The molecule has 3 N–H and O–H groups in total. The third-order valence-electron chi connectivity index (χ3n) is 6.27. The molecule has 2 aliphatic heterocycles. The maximum Gasteiger partial charge on any atom is 0.422 e. The Labute approximate surface area is 218 Å². The minimum Gasteiger partial charge on any atom is -0.469 e. The molecule has 196 valence electrons. The van der Waals surface area contributed by atoms with Gasteiger partial charge in [0.15, 0.2) is 5.60 Å². The number of hydrogen-bond acceptors (Lipinski definition) is 9. The summed E-state index contributed by atoms with van der Waals surface area (Å²) in [6.45, 7) is 1.18. The molecule has 0 radical (unpaired) electrons. The summed E-state index contributed by atoms with van der Waals surface area (Å²) < 4.78 is 15.2. The Kier molecular flexibility index (Phi) is 7.84. The molecule has 0 bridgehead atoms. The Balaban J connectivity index is 1.64. The lowest BCUT2D eigenvalue weighted by Gasteiger charge is -2.44. The highest BCUT2D eigenvalue weighted by Crippen LogP contribution is 2.44. The number of nitrogens with one attached hydrogen (secondary N) is 3. The molecule has 0 aromatic heterocycles. The summed E-state index contributed by atoms with van der Waals surface area (Å²) in [5, 5.41) is 9.20. The van der Waals surface area contributed by atoms with Crippen LogP contribution in [-0.4, -0.2) is 57.4 Å². The number of esters is 1. The summed E-state index contributed by atoms with van der Waals surface area (Å²) in [4.78, 5) is 51.6. The van der Waals surface area contributed by atoms with Crippen molar-refractivity contribution in [1.29, 1.82) is 0 Å². The van der Waals surface area contributed by atoms with Gasteiger partial charge in [0.1, 0.15) is 6.04 Å². The smallest absolute Gasteiger partial charge is 0.422 e. The van der Waals surface area contributed by atoms with Gasteiger partial charge in [0.2, 0.25) is 0 Å².